The number of carbonyl (C=O) groups is 2. The van der Waals surface area contributed by atoms with Crippen LogP contribution in [0.2, 0.25) is 0 Å². The van der Waals surface area contributed by atoms with E-state index in [4.69, 9.17) is 9.47 Å². The number of amides is 2. The lowest BCUT2D eigenvalue weighted by atomic mass is 10.1. The minimum atomic E-state index is -0.260. The minimum absolute atomic E-state index is 0.129. The molecule has 0 saturated carbocycles. The van der Waals surface area contributed by atoms with E-state index >= 15 is 0 Å². The van der Waals surface area contributed by atoms with Crippen LogP contribution >= 0.6 is 23.1 Å². The number of methoxy groups -OCH3 is 2. The number of aromatic nitrogens is 1. The Hall–Kier alpha value is -3.82. The van der Waals surface area contributed by atoms with Gasteiger partial charge in [0.15, 0.2) is 16.6 Å². The molecule has 0 fully saturated rings. The third-order valence-corrected chi connectivity index (χ3v) is 7.00. The number of aryl methyl sites for hydroxylation is 1. The number of hydrogen-bond acceptors (Lipinski definition) is 7. The van der Waals surface area contributed by atoms with Crippen molar-refractivity contribution in [2.75, 3.05) is 30.6 Å². The van der Waals surface area contributed by atoms with Crippen LogP contribution in [0.3, 0.4) is 0 Å². The maximum absolute atomic E-state index is 12.6. The highest BCUT2D eigenvalue weighted by atomic mass is 32.2. The van der Waals surface area contributed by atoms with Crippen LogP contribution < -0.4 is 20.1 Å². The van der Waals surface area contributed by atoms with Crippen LogP contribution in [-0.2, 0) is 4.79 Å². The molecule has 0 aliphatic rings. The quantitative estimate of drug-likeness (QED) is 0.259. The Kier molecular flexibility index (Phi) is 8.24. The van der Waals surface area contributed by atoms with Crippen LogP contribution in [-0.4, -0.2) is 36.8 Å². The van der Waals surface area contributed by atoms with E-state index in [9.17, 15) is 9.59 Å². The average Bonchev–Trinajstić information content (AvgIpc) is 3.36. The summed E-state index contributed by atoms with van der Waals surface area (Å²) in [7, 11) is 3.07. The molecule has 1 aromatic heterocycles. The second-order valence-electron chi connectivity index (χ2n) is 7.79. The van der Waals surface area contributed by atoms with Crippen molar-refractivity contribution in [2.24, 2.45) is 0 Å². The van der Waals surface area contributed by atoms with Gasteiger partial charge in [0.1, 0.15) is 0 Å². The number of ether oxygens (including phenoxy) is 2. The van der Waals surface area contributed by atoms with E-state index in [1.54, 1.807) is 37.4 Å². The fraction of sp³-hybridized carbons (Fsp3) is 0.148. The van der Waals surface area contributed by atoms with Crippen molar-refractivity contribution >= 4 is 45.7 Å². The molecule has 9 heteroatoms. The first-order valence-corrected chi connectivity index (χ1v) is 12.9. The summed E-state index contributed by atoms with van der Waals surface area (Å²) < 4.78 is 10.5. The number of benzene rings is 3. The Balaban J connectivity index is 1.28. The largest absolute Gasteiger partial charge is 0.493 e. The third-order valence-electron chi connectivity index (χ3n) is 5.23. The van der Waals surface area contributed by atoms with Crippen molar-refractivity contribution in [3.05, 3.63) is 83.2 Å². The number of thioether (sulfide) groups is 1. The first-order valence-electron chi connectivity index (χ1n) is 11.0. The molecule has 1 heterocycles. The van der Waals surface area contributed by atoms with Crippen LogP contribution in [0.4, 0.5) is 10.8 Å². The number of nitrogens with zero attached hydrogens (tertiary/aromatic N) is 1. The van der Waals surface area contributed by atoms with E-state index < -0.39 is 0 Å². The highest BCUT2D eigenvalue weighted by Gasteiger charge is 2.12. The number of thiazole rings is 1. The lowest BCUT2D eigenvalue weighted by molar-refractivity contribution is -0.113. The summed E-state index contributed by atoms with van der Waals surface area (Å²) in [6.45, 7) is 2.04. The molecule has 0 saturated heterocycles. The van der Waals surface area contributed by atoms with E-state index in [0.29, 0.717) is 27.9 Å². The number of nitrogens with one attached hydrogen (secondary N) is 2. The van der Waals surface area contributed by atoms with Gasteiger partial charge in [0, 0.05) is 27.1 Å². The van der Waals surface area contributed by atoms with Crippen molar-refractivity contribution < 1.29 is 19.1 Å². The monoisotopic (exact) mass is 519 g/mol. The lowest BCUT2D eigenvalue weighted by Gasteiger charge is -2.10. The van der Waals surface area contributed by atoms with Crippen LogP contribution in [0.1, 0.15) is 15.9 Å². The van der Waals surface area contributed by atoms with Crippen molar-refractivity contribution in [3.63, 3.8) is 0 Å². The smallest absolute Gasteiger partial charge is 0.255 e. The predicted octanol–water partition coefficient (Wildman–Crippen LogP) is 6.12. The van der Waals surface area contributed by atoms with Crippen LogP contribution in [0.5, 0.6) is 11.5 Å². The number of hydrogen-bond donors (Lipinski definition) is 2. The Bertz CT molecular complexity index is 1350. The standard InChI is InChI=1S/C27H25N3O4S2/c1-17-4-6-18(7-5-17)22-15-36-27(29-22)30-25(31)16-35-21-11-9-20(10-12-21)28-26(32)19-8-13-23(33-2)24(14-19)34-3/h4-15H,16H2,1-3H3,(H,28,32)(H,29,30,31). The van der Waals surface area contributed by atoms with Gasteiger partial charge in [0.05, 0.1) is 25.7 Å². The van der Waals surface area contributed by atoms with Crippen molar-refractivity contribution in [1.29, 1.82) is 0 Å². The van der Waals surface area contributed by atoms with E-state index in [1.807, 2.05) is 48.7 Å². The van der Waals surface area contributed by atoms with E-state index in [-0.39, 0.29) is 17.6 Å². The molecule has 2 amide bonds. The molecule has 2 N–H and O–H groups in total. The average molecular weight is 520 g/mol. The normalized spacial score (nSPS) is 10.5. The van der Waals surface area contributed by atoms with Gasteiger partial charge in [-0.15, -0.1) is 23.1 Å². The zero-order valence-corrected chi connectivity index (χ0v) is 21.7. The summed E-state index contributed by atoms with van der Waals surface area (Å²) in [6.07, 6.45) is 0. The van der Waals surface area contributed by atoms with Gasteiger partial charge in [-0.25, -0.2) is 4.98 Å². The van der Waals surface area contributed by atoms with Crippen molar-refractivity contribution in [1.82, 2.24) is 4.98 Å². The number of rotatable bonds is 9. The van der Waals surface area contributed by atoms with Crippen LogP contribution in [0.15, 0.2) is 77.0 Å². The Morgan fingerprint density at radius 3 is 2.33 bits per heavy atom. The van der Waals surface area contributed by atoms with Gasteiger partial charge in [0.25, 0.3) is 5.91 Å². The molecule has 184 valence electrons. The molecular weight excluding hydrogens is 494 g/mol. The first-order chi connectivity index (χ1) is 17.4. The molecule has 0 unspecified atom stereocenters. The summed E-state index contributed by atoms with van der Waals surface area (Å²) in [5.41, 5.74) is 4.15. The van der Waals surface area contributed by atoms with Crippen LogP contribution in [0, 0.1) is 6.92 Å². The summed E-state index contributed by atoms with van der Waals surface area (Å²) in [4.78, 5) is 30.4. The summed E-state index contributed by atoms with van der Waals surface area (Å²) in [5, 5.41) is 8.22. The molecule has 7 nitrogen and oxygen atoms in total. The summed E-state index contributed by atoms with van der Waals surface area (Å²) in [6, 6.07) is 20.4. The molecule has 4 aromatic rings. The third kappa shape index (κ3) is 6.44. The molecule has 4 rings (SSSR count). The van der Waals surface area contributed by atoms with Crippen LogP contribution in [0.25, 0.3) is 11.3 Å². The first kappa shape index (κ1) is 25.3. The van der Waals surface area contributed by atoms with Gasteiger partial charge < -0.3 is 20.1 Å². The van der Waals surface area contributed by atoms with Crippen molar-refractivity contribution in [2.45, 2.75) is 11.8 Å². The number of carbonyl (C=O) groups excluding carboxylic acids is 2. The second kappa shape index (κ2) is 11.7. The highest BCUT2D eigenvalue weighted by Crippen LogP contribution is 2.29. The maximum atomic E-state index is 12.6. The summed E-state index contributed by atoms with van der Waals surface area (Å²) in [5.74, 6) is 0.900. The molecule has 0 aliphatic heterocycles. The predicted molar refractivity (Wildman–Crippen MR) is 146 cm³/mol. The molecule has 0 spiro atoms. The molecule has 0 radical (unpaired) electrons. The minimum Gasteiger partial charge on any atom is -0.493 e. The Morgan fingerprint density at radius 1 is 0.917 bits per heavy atom. The van der Waals surface area contributed by atoms with Crippen molar-refractivity contribution in [3.8, 4) is 22.8 Å². The van der Waals surface area contributed by atoms with E-state index in [2.05, 4.69) is 15.6 Å². The zero-order valence-electron chi connectivity index (χ0n) is 20.0. The van der Waals surface area contributed by atoms with Gasteiger partial charge in [-0.1, -0.05) is 29.8 Å². The topological polar surface area (TPSA) is 89.5 Å². The van der Waals surface area contributed by atoms with Gasteiger partial charge in [-0.3, -0.25) is 9.59 Å². The number of anilines is 2. The molecule has 3 aromatic carbocycles. The summed E-state index contributed by atoms with van der Waals surface area (Å²) >= 11 is 2.81. The Morgan fingerprint density at radius 2 is 1.64 bits per heavy atom. The fourth-order valence-electron chi connectivity index (χ4n) is 3.31. The van der Waals surface area contributed by atoms with E-state index in [1.165, 1.54) is 35.8 Å². The Labute approximate surface area is 217 Å². The fourth-order valence-corrected chi connectivity index (χ4v) is 4.74. The molecular formula is C27H25N3O4S2. The van der Waals surface area contributed by atoms with E-state index in [0.717, 1.165) is 16.2 Å². The van der Waals surface area contributed by atoms with Gasteiger partial charge in [0.2, 0.25) is 5.91 Å². The maximum Gasteiger partial charge on any atom is 0.255 e. The molecule has 0 atom stereocenters. The molecule has 36 heavy (non-hydrogen) atoms. The SMILES string of the molecule is COc1ccc(C(=O)Nc2ccc(SCC(=O)Nc3nc(-c4ccc(C)cc4)cs3)cc2)cc1OC. The lowest BCUT2D eigenvalue weighted by Crippen LogP contribution is -2.13. The molecule has 0 bridgehead atoms. The molecule has 0 aliphatic carbocycles. The van der Waals surface area contributed by atoms with Gasteiger partial charge >= 0.3 is 0 Å². The van der Waals surface area contributed by atoms with Gasteiger partial charge in [-0.2, -0.15) is 0 Å². The zero-order chi connectivity index (χ0) is 25.5. The second-order valence-corrected chi connectivity index (χ2v) is 9.70. The highest BCUT2D eigenvalue weighted by molar-refractivity contribution is 8.00. The van der Waals surface area contributed by atoms with Gasteiger partial charge in [-0.05, 0) is 49.4 Å².